The fourth-order valence-electron chi connectivity index (χ4n) is 1.48. The summed E-state index contributed by atoms with van der Waals surface area (Å²) in [5, 5.41) is 2.94. The van der Waals surface area contributed by atoms with Gasteiger partial charge in [-0.3, -0.25) is 14.3 Å². The zero-order valence-electron chi connectivity index (χ0n) is 10.4. The molecular formula is C10H19N5O2. The molecule has 0 saturated heterocycles. The Morgan fingerprint density at radius 3 is 2.59 bits per heavy atom. The zero-order chi connectivity index (χ0) is 13.0. The van der Waals surface area contributed by atoms with Crippen LogP contribution < -0.4 is 22.3 Å². The van der Waals surface area contributed by atoms with Gasteiger partial charge >= 0.3 is 5.69 Å². The molecule has 1 heterocycles. The Kier molecular flexibility index (Phi) is 4.33. The quantitative estimate of drug-likeness (QED) is 0.621. The fraction of sp³-hybridized carbons (Fsp3) is 0.600. The van der Waals surface area contributed by atoms with E-state index in [2.05, 4.69) is 10.3 Å². The smallest absolute Gasteiger partial charge is 0.330 e. The molecule has 0 fully saturated rings. The average molecular weight is 241 g/mol. The molecule has 96 valence electrons. The fourth-order valence-corrected chi connectivity index (χ4v) is 1.48. The highest BCUT2D eigenvalue weighted by atomic mass is 16.2. The van der Waals surface area contributed by atoms with Crippen LogP contribution in [0, 0.1) is 0 Å². The summed E-state index contributed by atoms with van der Waals surface area (Å²) in [5.41, 5.74) is 5.08. The van der Waals surface area contributed by atoms with E-state index < -0.39 is 11.2 Å². The second kappa shape index (κ2) is 5.53. The molecule has 0 aliphatic carbocycles. The predicted molar refractivity (Wildman–Crippen MR) is 68.5 cm³/mol. The number of hydrogen-bond donors (Lipinski definition) is 3. The lowest BCUT2D eigenvalue weighted by Crippen LogP contribution is -2.34. The topological polar surface area (TPSA) is 96.2 Å². The largest absolute Gasteiger partial charge is 0.383 e. The number of nitrogens with two attached hydrogens (primary N) is 1. The first-order valence-corrected chi connectivity index (χ1v) is 5.48. The molecule has 1 rings (SSSR count). The van der Waals surface area contributed by atoms with Gasteiger partial charge in [-0.1, -0.05) is 0 Å². The van der Waals surface area contributed by atoms with Crippen molar-refractivity contribution in [3.05, 3.63) is 20.8 Å². The van der Waals surface area contributed by atoms with Gasteiger partial charge in [0.1, 0.15) is 11.5 Å². The van der Waals surface area contributed by atoms with Crippen molar-refractivity contribution in [3.8, 4) is 0 Å². The Morgan fingerprint density at radius 1 is 1.41 bits per heavy atom. The van der Waals surface area contributed by atoms with Gasteiger partial charge < -0.3 is 16.0 Å². The molecular weight excluding hydrogens is 222 g/mol. The van der Waals surface area contributed by atoms with Crippen LogP contribution in [0.3, 0.4) is 0 Å². The van der Waals surface area contributed by atoms with Crippen LogP contribution in [0.1, 0.15) is 6.92 Å². The van der Waals surface area contributed by atoms with Gasteiger partial charge in [0.05, 0.1) is 0 Å². The van der Waals surface area contributed by atoms with Gasteiger partial charge in [-0.15, -0.1) is 0 Å². The number of nitrogen functional groups attached to an aromatic ring is 1. The molecule has 0 aromatic carbocycles. The van der Waals surface area contributed by atoms with Crippen LogP contribution in [0.2, 0.25) is 0 Å². The van der Waals surface area contributed by atoms with E-state index >= 15 is 0 Å². The molecule has 0 amide bonds. The summed E-state index contributed by atoms with van der Waals surface area (Å²) in [4.78, 5) is 27.2. The van der Waals surface area contributed by atoms with E-state index in [-0.39, 0.29) is 11.5 Å². The zero-order valence-corrected chi connectivity index (χ0v) is 10.4. The molecule has 0 spiro atoms. The summed E-state index contributed by atoms with van der Waals surface area (Å²) in [7, 11) is 3.87. The van der Waals surface area contributed by atoms with Crippen LogP contribution in [0.5, 0.6) is 0 Å². The molecule has 0 bridgehead atoms. The Hall–Kier alpha value is -1.76. The number of rotatable bonds is 5. The first kappa shape index (κ1) is 13.3. The lowest BCUT2D eigenvalue weighted by Gasteiger charge is -2.14. The molecule has 0 aliphatic heterocycles. The van der Waals surface area contributed by atoms with Crippen LogP contribution >= 0.6 is 0 Å². The number of hydrogen-bond acceptors (Lipinski definition) is 5. The Labute approximate surface area is 99.2 Å². The second-order valence-corrected chi connectivity index (χ2v) is 3.99. The minimum Gasteiger partial charge on any atom is -0.383 e. The van der Waals surface area contributed by atoms with E-state index in [9.17, 15) is 9.59 Å². The van der Waals surface area contributed by atoms with Crippen molar-refractivity contribution in [2.75, 3.05) is 38.2 Å². The summed E-state index contributed by atoms with van der Waals surface area (Å²) in [6.07, 6.45) is 0. The SMILES string of the molecule is CCn1c(N)c(NCCN(C)C)c(=O)[nH]c1=O. The molecule has 1 aromatic rings. The number of aromatic nitrogens is 2. The van der Waals surface area contributed by atoms with Crippen molar-refractivity contribution >= 4 is 11.5 Å². The van der Waals surface area contributed by atoms with E-state index in [1.165, 1.54) is 4.57 Å². The van der Waals surface area contributed by atoms with Gasteiger partial charge in [0.2, 0.25) is 0 Å². The maximum Gasteiger partial charge on any atom is 0.330 e. The Balaban J connectivity index is 2.99. The van der Waals surface area contributed by atoms with Crippen LogP contribution in [0.25, 0.3) is 0 Å². The van der Waals surface area contributed by atoms with E-state index in [1.54, 1.807) is 6.92 Å². The number of H-pyrrole nitrogens is 1. The maximum absolute atomic E-state index is 11.6. The van der Waals surface area contributed by atoms with Crippen LogP contribution in [-0.2, 0) is 6.54 Å². The maximum atomic E-state index is 11.6. The number of nitrogens with one attached hydrogen (secondary N) is 2. The third kappa shape index (κ3) is 3.10. The van der Waals surface area contributed by atoms with Gasteiger partial charge in [0.15, 0.2) is 0 Å². The van der Waals surface area contributed by atoms with E-state index in [0.717, 1.165) is 6.54 Å². The molecule has 0 atom stereocenters. The van der Waals surface area contributed by atoms with E-state index in [1.807, 2.05) is 19.0 Å². The van der Waals surface area contributed by atoms with Gasteiger partial charge in [0, 0.05) is 19.6 Å². The summed E-state index contributed by atoms with van der Waals surface area (Å²) >= 11 is 0. The van der Waals surface area contributed by atoms with Gasteiger partial charge in [0.25, 0.3) is 5.56 Å². The minimum absolute atomic E-state index is 0.181. The Morgan fingerprint density at radius 2 is 2.06 bits per heavy atom. The molecule has 0 aliphatic rings. The van der Waals surface area contributed by atoms with Crippen molar-refractivity contribution < 1.29 is 0 Å². The molecule has 7 heteroatoms. The van der Waals surface area contributed by atoms with Crippen LogP contribution in [0.4, 0.5) is 11.5 Å². The third-order valence-electron chi connectivity index (χ3n) is 2.42. The van der Waals surface area contributed by atoms with Crippen LogP contribution in [-0.4, -0.2) is 41.6 Å². The van der Waals surface area contributed by atoms with E-state index in [4.69, 9.17) is 5.73 Å². The second-order valence-electron chi connectivity index (χ2n) is 3.99. The highest BCUT2D eigenvalue weighted by Gasteiger charge is 2.10. The van der Waals surface area contributed by atoms with Crippen molar-refractivity contribution in [1.82, 2.24) is 14.5 Å². The summed E-state index contributed by atoms with van der Waals surface area (Å²) in [5.74, 6) is 0.181. The molecule has 17 heavy (non-hydrogen) atoms. The minimum atomic E-state index is -0.479. The standard InChI is InChI=1S/C10H19N5O2/c1-4-15-8(11)7(9(16)13-10(15)17)12-5-6-14(2)3/h12H,4-6,11H2,1-3H3,(H,13,16,17). The molecule has 0 radical (unpaired) electrons. The lowest BCUT2D eigenvalue weighted by molar-refractivity contribution is 0.425. The van der Waals surface area contributed by atoms with Gasteiger partial charge in [-0.2, -0.15) is 0 Å². The van der Waals surface area contributed by atoms with Gasteiger partial charge in [-0.25, -0.2) is 4.79 Å². The van der Waals surface area contributed by atoms with Crippen molar-refractivity contribution in [3.63, 3.8) is 0 Å². The Bertz CT molecular complexity index is 488. The average Bonchev–Trinajstić information content (AvgIpc) is 2.22. The molecule has 1 aromatic heterocycles. The summed E-state index contributed by atoms with van der Waals surface area (Å²) < 4.78 is 1.32. The first-order valence-electron chi connectivity index (χ1n) is 5.48. The lowest BCUT2D eigenvalue weighted by atomic mass is 10.4. The molecule has 0 saturated carbocycles. The highest BCUT2D eigenvalue weighted by molar-refractivity contribution is 5.60. The summed E-state index contributed by atoms with van der Waals surface area (Å²) in [6, 6.07) is 0. The number of likely N-dealkylation sites (N-methyl/N-ethyl adjacent to an activating group) is 1. The van der Waals surface area contributed by atoms with Crippen molar-refractivity contribution in [2.45, 2.75) is 13.5 Å². The number of nitrogens with zero attached hydrogens (tertiary/aromatic N) is 2. The summed E-state index contributed by atoms with van der Waals surface area (Å²) in [6.45, 7) is 3.57. The van der Waals surface area contributed by atoms with Crippen molar-refractivity contribution in [1.29, 1.82) is 0 Å². The third-order valence-corrected chi connectivity index (χ3v) is 2.42. The normalized spacial score (nSPS) is 10.8. The van der Waals surface area contributed by atoms with Crippen LogP contribution in [0.15, 0.2) is 9.59 Å². The monoisotopic (exact) mass is 241 g/mol. The number of anilines is 2. The highest BCUT2D eigenvalue weighted by Crippen LogP contribution is 2.08. The molecule has 4 N–H and O–H groups in total. The first-order chi connectivity index (χ1) is 7.97. The van der Waals surface area contributed by atoms with Gasteiger partial charge in [-0.05, 0) is 21.0 Å². The predicted octanol–water partition coefficient (Wildman–Crippen LogP) is -0.888. The molecule has 0 unspecified atom stereocenters. The van der Waals surface area contributed by atoms with Crippen molar-refractivity contribution in [2.24, 2.45) is 0 Å². The molecule has 7 nitrogen and oxygen atoms in total. The van der Waals surface area contributed by atoms with E-state index in [0.29, 0.717) is 13.1 Å². The number of aromatic amines is 1.